The van der Waals surface area contributed by atoms with Crippen LogP contribution in [0, 0.1) is 0 Å². The van der Waals surface area contributed by atoms with Crippen LogP contribution in [0.5, 0.6) is 17.2 Å². The van der Waals surface area contributed by atoms with E-state index in [9.17, 15) is 23.1 Å². The van der Waals surface area contributed by atoms with Crippen LogP contribution in [0.15, 0.2) is 102 Å². The van der Waals surface area contributed by atoms with Crippen molar-refractivity contribution in [1.82, 2.24) is 4.72 Å². The predicted octanol–water partition coefficient (Wildman–Crippen LogP) is 6.75. The van der Waals surface area contributed by atoms with E-state index in [0.717, 1.165) is 0 Å². The van der Waals surface area contributed by atoms with Crippen molar-refractivity contribution in [3.05, 3.63) is 113 Å². The molecule has 3 N–H and O–H groups in total. The number of carboxylic acid groups (broad SMARTS) is 1. The normalized spacial score (nSPS) is 16.7. The van der Waals surface area contributed by atoms with Crippen LogP contribution < -0.4 is 19.5 Å². The number of carbonyl (C=O) groups is 2. The summed E-state index contributed by atoms with van der Waals surface area (Å²) in [6, 6.07) is 25.8. The molecule has 0 spiro atoms. The van der Waals surface area contributed by atoms with E-state index in [1.807, 2.05) is 12.1 Å². The summed E-state index contributed by atoms with van der Waals surface area (Å²) in [5.41, 5.74) is 0.576. The third-order valence-corrected chi connectivity index (χ3v) is 8.79. The Hall–Kier alpha value is -4.38. The Morgan fingerprint density at radius 2 is 1.35 bits per heavy atom. The largest absolute Gasteiger partial charge is 0.490 e. The quantitative estimate of drug-likeness (QED) is 0.179. The molecule has 0 heterocycles. The predicted molar refractivity (Wildman–Crippen MR) is 163 cm³/mol. The first-order chi connectivity index (χ1) is 20.7. The van der Waals surface area contributed by atoms with Crippen molar-refractivity contribution in [2.45, 2.75) is 42.7 Å². The zero-order valence-electron chi connectivity index (χ0n) is 22.9. The first-order valence-corrected chi connectivity index (χ1v) is 15.5. The number of benzene rings is 4. The summed E-state index contributed by atoms with van der Waals surface area (Å²) in [6.45, 7) is 0. The highest BCUT2D eigenvalue weighted by Gasteiger charge is 2.26. The van der Waals surface area contributed by atoms with E-state index in [2.05, 4.69) is 10.0 Å². The van der Waals surface area contributed by atoms with Crippen LogP contribution in [0.2, 0.25) is 5.02 Å². The molecule has 9 nitrogen and oxygen atoms in total. The number of carbonyl (C=O) groups excluding carboxylic acids is 1. The third kappa shape index (κ3) is 7.92. The summed E-state index contributed by atoms with van der Waals surface area (Å²) in [5.74, 6) is 0.233. The third-order valence-electron chi connectivity index (χ3n) is 7.00. The second kappa shape index (κ2) is 13.3. The smallest absolute Gasteiger partial charge is 0.337 e. The van der Waals surface area contributed by atoms with Gasteiger partial charge in [0.25, 0.3) is 5.91 Å². The van der Waals surface area contributed by atoms with Crippen LogP contribution in [-0.2, 0) is 10.0 Å². The number of nitrogens with one attached hydrogen (secondary N) is 2. The summed E-state index contributed by atoms with van der Waals surface area (Å²) in [4.78, 5) is 24.2. The molecule has 0 aromatic heterocycles. The minimum atomic E-state index is -3.61. The van der Waals surface area contributed by atoms with Gasteiger partial charge in [-0.05, 0) is 111 Å². The molecule has 222 valence electrons. The van der Waals surface area contributed by atoms with Gasteiger partial charge in [-0.2, -0.15) is 0 Å². The van der Waals surface area contributed by atoms with Crippen molar-refractivity contribution in [1.29, 1.82) is 0 Å². The Kier molecular flexibility index (Phi) is 9.30. The molecule has 4 aromatic rings. The van der Waals surface area contributed by atoms with Crippen molar-refractivity contribution in [2.24, 2.45) is 0 Å². The Balaban J connectivity index is 1.09. The molecule has 1 amide bonds. The molecule has 0 radical (unpaired) electrons. The molecule has 0 atom stereocenters. The van der Waals surface area contributed by atoms with Gasteiger partial charge < -0.3 is 19.9 Å². The van der Waals surface area contributed by atoms with Crippen LogP contribution in [-0.4, -0.2) is 37.5 Å². The van der Waals surface area contributed by atoms with Crippen molar-refractivity contribution in [3.8, 4) is 17.2 Å². The number of carboxylic acids is 1. The van der Waals surface area contributed by atoms with Gasteiger partial charge in [-0.1, -0.05) is 23.7 Å². The maximum absolute atomic E-state index is 12.7. The van der Waals surface area contributed by atoms with Crippen molar-refractivity contribution in [3.63, 3.8) is 0 Å². The highest BCUT2D eigenvalue weighted by atomic mass is 35.5. The van der Waals surface area contributed by atoms with Gasteiger partial charge in [0.05, 0.1) is 22.3 Å². The first kappa shape index (κ1) is 30.1. The lowest BCUT2D eigenvalue weighted by atomic mass is 9.94. The molecule has 43 heavy (non-hydrogen) atoms. The number of halogens is 1. The highest BCUT2D eigenvalue weighted by Crippen LogP contribution is 2.28. The molecule has 0 bridgehead atoms. The lowest BCUT2D eigenvalue weighted by Crippen LogP contribution is -2.39. The minimum Gasteiger partial charge on any atom is -0.490 e. The molecular formula is C32H29ClN2O7S. The summed E-state index contributed by atoms with van der Waals surface area (Å²) in [5, 5.41) is 12.4. The Morgan fingerprint density at radius 3 is 1.98 bits per heavy atom. The molecule has 5 rings (SSSR count). The van der Waals surface area contributed by atoms with Gasteiger partial charge in [0.15, 0.2) is 0 Å². The van der Waals surface area contributed by atoms with Gasteiger partial charge in [0.1, 0.15) is 17.2 Å². The molecule has 0 aliphatic heterocycles. The van der Waals surface area contributed by atoms with E-state index in [-0.39, 0.29) is 28.3 Å². The van der Waals surface area contributed by atoms with Crippen LogP contribution in [0.3, 0.4) is 0 Å². The maximum atomic E-state index is 12.7. The van der Waals surface area contributed by atoms with Crippen molar-refractivity contribution >= 4 is 39.2 Å². The van der Waals surface area contributed by atoms with Crippen molar-refractivity contribution in [2.75, 3.05) is 5.32 Å². The Bertz CT molecular complexity index is 1690. The zero-order chi connectivity index (χ0) is 30.4. The summed E-state index contributed by atoms with van der Waals surface area (Å²) < 4.78 is 40.1. The summed E-state index contributed by atoms with van der Waals surface area (Å²) in [6.07, 6.45) is 2.74. The molecule has 1 saturated carbocycles. The van der Waals surface area contributed by atoms with Crippen molar-refractivity contribution < 1.29 is 32.6 Å². The summed E-state index contributed by atoms with van der Waals surface area (Å²) >= 11 is 5.87. The number of para-hydroxylation sites is 1. The molecule has 11 heteroatoms. The van der Waals surface area contributed by atoms with E-state index in [0.29, 0.717) is 53.5 Å². The fraction of sp³-hybridized carbons (Fsp3) is 0.188. The highest BCUT2D eigenvalue weighted by molar-refractivity contribution is 7.89. The molecule has 1 fully saturated rings. The van der Waals surface area contributed by atoms with E-state index >= 15 is 0 Å². The number of anilines is 1. The number of amides is 1. The van der Waals surface area contributed by atoms with Gasteiger partial charge in [0, 0.05) is 16.6 Å². The lowest BCUT2D eigenvalue weighted by Gasteiger charge is -2.29. The fourth-order valence-electron chi connectivity index (χ4n) is 4.76. The van der Waals surface area contributed by atoms with E-state index in [4.69, 9.17) is 21.1 Å². The lowest BCUT2D eigenvalue weighted by molar-refractivity contribution is 0.0698. The number of aromatic carboxylic acids is 1. The molecule has 1 aliphatic carbocycles. The van der Waals surface area contributed by atoms with Crippen LogP contribution >= 0.6 is 11.6 Å². The monoisotopic (exact) mass is 620 g/mol. The number of rotatable bonds is 10. The van der Waals surface area contributed by atoms with Crippen LogP contribution in [0.25, 0.3) is 0 Å². The number of sulfonamides is 1. The molecule has 1 aliphatic rings. The average Bonchev–Trinajstić information content (AvgIpc) is 3.00. The second-order valence-electron chi connectivity index (χ2n) is 10.1. The average molecular weight is 621 g/mol. The number of hydrogen-bond donors (Lipinski definition) is 3. The number of hydrogen-bond acceptors (Lipinski definition) is 6. The summed E-state index contributed by atoms with van der Waals surface area (Å²) in [7, 11) is -3.61. The Labute approximate surface area is 254 Å². The van der Waals surface area contributed by atoms with Crippen LogP contribution in [0.1, 0.15) is 46.4 Å². The van der Waals surface area contributed by atoms with Gasteiger partial charge in [-0.25, -0.2) is 17.9 Å². The van der Waals surface area contributed by atoms with Crippen LogP contribution in [0.4, 0.5) is 5.69 Å². The number of ether oxygens (including phenoxy) is 2. The molecule has 0 unspecified atom stereocenters. The van der Waals surface area contributed by atoms with E-state index in [1.165, 1.54) is 24.3 Å². The second-order valence-corrected chi connectivity index (χ2v) is 12.2. The maximum Gasteiger partial charge on any atom is 0.337 e. The molecule has 4 aromatic carbocycles. The van der Waals surface area contributed by atoms with Gasteiger partial charge >= 0.3 is 5.97 Å². The first-order valence-electron chi connectivity index (χ1n) is 13.6. The standard InChI is InChI=1S/C32H29ClN2O7S/c33-22-7-19-28(20-8-22)43(39,40)35-23-9-13-25(14-10-23)42-27-17-15-26(16-18-27)41-24-11-5-21(6-12-24)31(36)34-30-4-2-1-3-29(30)32(37)38/h1-8,11-12,15-20,23,25,35H,9-10,13-14H2,(H,34,36)(H,37,38). The zero-order valence-corrected chi connectivity index (χ0v) is 24.5. The molecule has 0 saturated heterocycles. The minimum absolute atomic E-state index is 0.00797. The van der Waals surface area contributed by atoms with E-state index < -0.39 is 21.9 Å². The SMILES string of the molecule is O=C(Nc1ccccc1C(=O)O)c1ccc(Oc2ccc(OC3CCC(NS(=O)(=O)c4ccc(Cl)cc4)CC3)cc2)cc1. The Morgan fingerprint density at radius 1 is 0.767 bits per heavy atom. The van der Waals surface area contributed by atoms with Gasteiger partial charge in [-0.15, -0.1) is 0 Å². The van der Waals surface area contributed by atoms with E-state index in [1.54, 1.807) is 60.7 Å². The fourth-order valence-corrected chi connectivity index (χ4v) is 6.19. The van der Waals surface area contributed by atoms with Gasteiger partial charge in [-0.3, -0.25) is 4.79 Å². The van der Waals surface area contributed by atoms with Gasteiger partial charge in [0.2, 0.25) is 10.0 Å². The topological polar surface area (TPSA) is 131 Å². The molecular weight excluding hydrogens is 592 g/mol.